The summed E-state index contributed by atoms with van der Waals surface area (Å²) in [7, 11) is 0. The van der Waals surface area contributed by atoms with Crippen LogP contribution >= 0.6 is 11.8 Å². The van der Waals surface area contributed by atoms with Crippen molar-refractivity contribution in [1.82, 2.24) is 4.90 Å². The van der Waals surface area contributed by atoms with E-state index in [4.69, 9.17) is 10.7 Å². The molecule has 0 unspecified atom stereocenters. The molecule has 0 aromatic carbocycles. The fourth-order valence-electron chi connectivity index (χ4n) is 3.67. The number of thioether (sulfide) groups is 1. The van der Waals surface area contributed by atoms with Crippen LogP contribution in [0.25, 0.3) is 0 Å². The molecule has 0 radical (unpaired) electrons. The second-order valence-corrected chi connectivity index (χ2v) is 7.15. The van der Waals surface area contributed by atoms with E-state index in [1.165, 1.54) is 43.6 Å². The van der Waals surface area contributed by atoms with E-state index < -0.39 is 0 Å². The van der Waals surface area contributed by atoms with E-state index in [2.05, 4.69) is 4.90 Å². The summed E-state index contributed by atoms with van der Waals surface area (Å²) in [5.74, 6) is 4.21. The van der Waals surface area contributed by atoms with Crippen molar-refractivity contribution in [1.29, 1.82) is 0 Å². The number of nitrogens with two attached hydrogens (primary N) is 1. The van der Waals surface area contributed by atoms with Gasteiger partial charge >= 0.3 is 0 Å². The fourth-order valence-corrected chi connectivity index (χ4v) is 4.58. The lowest BCUT2D eigenvalue weighted by molar-refractivity contribution is 0.305. The van der Waals surface area contributed by atoms with Crippen molar-refractivity contribution in [3.8, 4) is 0 Å². The van der Waals surface area contributed by atoms with Gasteiger partial charge in [0.25, 0.3) is 0 Å². The molecule has 0 amide bonds. The molecule has 1 saturated heterocycles. The number of aliphatic imine (C=N–C) groups is 1. The normalized spacial score (nSPS) is 37.8. The molecule has 0 atom stereocenters. The summed E-state index contributed by atoms with van der Waals surface area (Å²) >= 11 is 2.02. The van der Waals surface area contributed by atoms with E-state index in [1.807, 2.05) is 11.8 Å². The molecule has 2 bridgehead atoms. The first-order chi connectivity index (χ1) is 8.27. The van der Waals surface area contributed by atoms with Gasteiger partial charge in [0, 0.05) is 31.1 Å². The Kier molecular flexibility index (Phi) is 3.24. The molecule has 1 heterocycles. The summed E-state index contributed by atoms with van der Waals surface area (Å²) in [4.78, 5) is 6.97. The van der Waals surface area contributed by atoms with Crippen molar-refractivity contribution in [2.24, 2.45) is 22.1 Å². The molecule has 0 aromatic heterocycles. The summed E-state index contributed by atoms with van der Waals surface area (Å²) in [6.07, 6.45) is 7.08. The topological polar surface area (TPSA) is 41.6 Å². The van der Waals surface area contributed by atoms with E-state index >= 15 is 0 Å². The average molecular weight is 253 g/mol. The van der Waals surface area contributed by atoms with Crippen LogP contribution in [0.5, 0.6) is 0 Å². The van der Waals surface area contributed by atoms with E-state index in [0.717, 1.165) is 31.5 Å². The Labute approximate surface area is 108 Å². The zero-order valence-electron chi connectivity index (χ0n) is 10.5. The molecule has 17 heavy (non-hydrogen) atoms. The maximum absolute atomic E-state index is 6.12. The molecule has 3 rings (SSSR count). The zero-order chi connectivity index (χ0) is 11.7. The molecule has 0 aromatic rings. The SMILES string of the molecule is NC(=NCC12CCC(CC1)C2)N1CCSCC1. The Morgan fingerprint density at radius 3 is 2.59 bits per heavy atom. The first-order valence-electron chi connectivity index (χ1n) is 6.90. The van der Waals surface area contributed by atoms with Gasteiger partial charge in [-0.2, -0.15) is 11.8 Å². The Morgan fingerprint density at radius 1 is 1.29 bits per heavy atom. The molecule has 0 spiro atoms. The summed E-state index contributed by atoms with van der Waals surface area (Å²) in [5.41, 5.74) is 6.66. The van der Waals surface area contributed by atoms with Crippen molar-refractivity contribution in [3.05, 3.63) is 0 Å². The Balaban J connectivity index is 1.58. The number of hydrogen-bond donors (Lipinski definition) is 1. The maximum atomic E-state index is 6.12. The van der Waals surface area contributed by atoms with Gasteiger partial charge < -0.3 is 10.6 Å². The van der Waals surface area contributed by atoms with E-state index in [0.29, 0.717) is 5.41 Å². The predicted octanol–water partition coefficient (Wildman–Crippen LogP) is 1.93. The fraction of sp³-hybridized carbons (Fsp3) is 0.923. The van der Waals surface area contributed by atoms with Crippen LogP contribution in [-0.4, -0.2) is 42.0 Å². The zero-order valence-corrected chi connectivity index (χ0v) is 11.3. The molecule has 1 aliphatic heterocycles. The van der Waals surface area contributed by atoms with Gasteiger partial charge in [0.1, 0.15) is 0 Å². The molecule has 3 aliphatic rings. The highest BCUT2D eigenvalue weighted by Crippen LogP contribution is 2.54. The van der Waals surface area contributed by atoms with Gasteiger partial charge in [-0.05, 0) is 43.4 Å². The molecule has 4 heteroatoms. The van der Waals surface area contributed by atoms with Crippen LogP contribution in [0.4, 0.5) is 0 Å². The number of nitrogens with zero attached hydrogens (tertiary/aromatic N) is 2. The lowest BCUT2D eigenvalue weighted by Gasteiger charge is -2.29. The van der Waals surface area contributed by atoms with Gasteiger partial charge in [0.05, 0.1) is 0 Å². The number of guanidine groups is 1. The van der Waals surface area contributed by atoms with Gasteiger partial charge in [-0.1, -0.05) is 0 Å². The molecule has 2 aliphatic carbocycles. The van der Waals surface area contributed by atoms with Crippen molar-refractivity contribution < 1.29 is 0 Å². The molecule has 96 valence electrons. The molecule has 2 saturated carbocycles. The molecular weight excluding hydrogens is 230 g/mol. The van der Waals surface area contributed by atoms with Crippen LogP contribution < -0.4 is 5.73 Å². The van der Waals surface area contributed by atoms with Gasteiger partial charge in [0.15, 0.2) is 5.96 Å². The third-order valence-electron chi connectivity index (χ3n) is 4.80. The third kappa shape index (κ3) is 2.42. The summed E-state index contributed by atoms with van der Waals surface area (Å²) in [5, 5.41) is 0. The Bertz CT molecular complexity index is 302. The van der Waals surface area contributed by atoms with Crippen LogP contribution in [-0.2, 0) is 0 Å². The molecular formula is C13H23N3S. The maximum Gasteiger partial charge on any atom is 0.191 e. The highest BCUT2D eigenvalue weighted by atomic mass is 32.2. The third-order valence-corrected chi connectivity index (χ3v) is 5.74. The quantitative estimate of drug-likeness (QED) is 0.604. The molecule has 3 fully saturated rings. The second kappa shape index (κ2) is 4.71. The summed E-state index contributed by atoms with van der Waals surface area (Å²) < 4.78 is 0. The standard InChI is InChI=1S/C13H23N3S/c14-12(16-5-7-17-8-6-16)15-10-13-3-1-11(9-13)2-4-13/h11H,1-10H2,(H2,14,15). The van der Waals surface area contributed by atoms with Gasteiger partial charge in [-0.25, -0.2) is 0 Å². The van der Waals surface area contributed by atoms with Crippen molar-refractivity contribution in [2.45, 2.75) is 32.1 Å². The van der Waals surface area contributed by atoms with Crippen LogP contribution in [0.3, 0.4) is 0 Å². The highest BCUT2D eigenvalue weighted by molar-refractivity contribution is 7.99. The van der Waals surface area contributed by atoms with E-state index in [1.54, 1.807) is 0 Å². The van der Waals surface area contributed by atoms with Crippen LogP contribution in [0.2, 0.25) is 0 Å². The monoisotopic (exact) mass is 253 g/mol. The molecule has 3 nitrogen and oxygen atoms in total. The lowest BCUT2D eigenvalue weighted by Crippen LogP contribution is -2.43. The van der Waals surface area contributed by atoms with E-state index in [9.17, 15) is 0 Å². The van der Waals surface area contributed by atoms with Crippen LogP contribution in [0.1, 0.15) is 32.1 Å². The number of fused-ring (bicyclic) bond motifs is 2. The number of rotatable bonds is 2. The van der Waals surface area contributed by atoms with Gasteiger partial charge in [-0.3, -0.25) is 4.99 Å². The molecule has 2 N–H and O–H groups in total. The second-order valence-electron chi connectivity index (χ2n) is 5.92. The first kappa shape index (κ1) is 11.7. The Morgan fingerprint density at radius 2 is 2.00 bits per heavy atom. The lowest BCUT2D eigenvalue weighted by atomic mass is 9.84. The predicted molar refractivity (Wildman–Crippen MR) is 74.4 cm³/mol. The first-order valence-corrected chi connectivity index (χ1v) is 8.06. The van der Waals surface area contributed by atoms with Crippen molar-refractivity contribution in [3.63, 3.8) is 0 Å². The van der Waals surface area contributed by atoms with Gasteiger partial charge in [-0.15, -0.1) is 0 Å². The minimum Gasteiger partial charge on any atom is -0.370 e. The van der Waals surface area contributed by atoms with Gasteiger partial charge in [0.2, 0.25) is 0 Å². The van der Waals surface area contributed by atoms with Crippen LogP contribution in [0.15, 0.2) is 4.99 Å². The highest BCUT2D eigenvalue weighted by Gasteiger charge is 2.44. The minimum atomic E-state index is 0.541. The van der Waals surface area contributed by atoms with Crippen molar-refractivity contribution in [2.75, 3.05) is 31.1 Å². The average Bonchev–Trinajstić information content (AvgIpc) is 2.98. The summed E-state index contributed by atoms with van der Waals surface area (Å²) in [6, 6.07) is 0. The smallest absolute Gasteiger partial charge is 0.191 e. The largest absolute Gasteiger partial charge is 0.370 e. The van der Waals surface area contributed by atoms with Crippen molar-refractivity contribution >= 4 is 17.7 Å². The Hall–Kier alpha value is -0.380. The summed E-state index contributed by atoms with van der Waals surface area (Å²) in [6.45, 7) is 3.14. The van der Waals surface area contributed by atoms with Crippen LogP contribution in [0, 0.1) is 11.3 Å². The van der Waals surface area contributed by atoms with E-state index in [-0.39, 0.29) is 0 Å². The number of hydrogen-bond acceptors (Lipinski definition) is 2. The minimum absolute atomic E-state index is 0.541.